The molecule has 0 aromatic heterocycles. The van der Waals surface area contributed by atoms with E-state index in [9.17, 15) is 0 Å². The Bertz CT molecular complexity index is 372. The molecule has 1 nitrogen and oxygen atoms in total. The van der Waals surface area contributed by atoms with Gasteiger partial charge in [-0.15, -0.1) is 0 Å². The Morgan fingerprint density at radius 1 is 1.16 bits per heavy atom. The van der Waals surface area contributed by atoms with Crippen molar-refractivity contribution in [1.29, 1.82) is 0 Å². The quantitative estimate of drug-likeness (QED) is 0.567. The monoisotopic (exact) mass is 259 g/mol. The molecule has 2 unspecified atom stereocenters. The summed E-state index contributed by atoms with van der Waals surface area (Å²) in [5, 5.41) is 3.59. The zero-order valence-electron chi connectivity index (χ0n) is 12.6. The van der Waals surface area contributed by atoms with Crippen molar-refractivity contribution in [2.45, 2.75) is 64.3 Å². The second kappa shape index (κ2) is 7.69. The van der Waals surface area contributed by atoms with Gasteiger partial charge in [-0.2, -0.15) is 0 Å². The highest BCUT2D eigenvalue weighted by molar-refractivity contribution is 5.31. The zero-order valence-corrected chi connectivity index (χ0v) is 12.6. The number of fused-ring (bicyclic) bond motifs is 1. The maximum atomic E-state index is 3.59. The second-order valence-corrected chi connectivity index (χ2v) is 5.97. The van der Waals surface area contributed by atoms with Crippen LogP contribution in [0.1, 0.15) is 69.0 Å². The molecule has 1 N–H and O–H groups in total. The predicted octanol–water partition coefficient (Wildman–Crippen LogP) is 4.87. The van der Waals surface area contributed by atoms with Gasteiger partial charge in [-0.3, -0.25) is 0 Å². The molecule has 0 aliphatic heterocycles. The molecule has 106 valence electrons. The summed E-state index contributed by atoms with van der Waals surface area (Å²) >= 11 is 0. The summed E-state index contributed by atoms with van der Waals surface area (Å²) in [4.78, 5) is 0. The third-order valence-corrected chi connectivity index (χ3v) is 4.62. The Kier molecular flexibility index (Phi) is 5.91. The van der Waals surface area contributed by atoms with E-state index in [1.165, 1.54) is 51.4 Å². The summed E-state index contributed by atoms with van der Waals surface area (Å²) in [6, 6.07) is 9.61. The molecule has 2 atom stereocenters. The normalized spacial score (nSPS) is 22.8. The van der Waals surface area contributed by atoms with Crippen LogP contribution in [0.4, 0.5) is 0 Å². The second-order valence-electron chi connectivity index (χ2n) is 5.97. The molecule has 1 aromatic rings. The number of rotatable bonds is 6. The topological polar surface area (TPSA) is 12.0 Å². The summed E-state index contributed by atoms with van der Waals surface area (Å²) in [6.07, 6.45) is 10.9. The van der Waals surface area contributed by atoms with E-state index in [0.717, 1.165) is 5.92 Å². The fourth-order valence-electron chi connectivity index (χ4n) is 3.58. The van der Waals surface area contributed by atoms with Gasteiger partial charge in [-0.1, -0.05) is 56.9 Å². The van der Waals surface area contributed by atoms with Crippen molar-refractivity contribution in [3.63, 3.8) is 0 Å². The molecule has 2 rings (SSSR count). The van der Waals surface area contributed by atoms with Gasteiger partial charge in [0, 0.05) is 6.04 Å². The number of hydrogen-bond donors (Lipinski definition) is 1. The molecule has 0 radical (unpaired) electrons. The van der Waals surface area contributed by atoms with Gasteiger partial charge in [-0.25, -0.2) is 0 Å². The van der Waals surface area contributed by atoms with Crippen LogP contribution in [-0.2, 0) is 6.42 Å². The number of aryl methyl sites for hydroxylation is 1. The molecule has 1 heteroatoms. The Balaban J connectivity index is 2.03. The average molecular weight is 259 g/mol. The highest BCUT2D eigenvalue weighted by atomic mass is 14.9. The Morgan fingerprint density at radius 2 is 2.00 bits per heavy atom. The lowest BCUT2D eigenvalue weighted by molar-refractivity contribution is 0.328. The Hall–Kier alpha value is -0.820. The van der Waals surface area contributed by atoms with E-state index >= 15 is 0 Å². The summed E-state index contributed by atoms with van der Waals surface area (Å²) in [5.74, 6) is 0.825. The minimum Gasteiger partial charge on any atom is -0.313 e. The van der Waals surface area contributed by atoms with E-state index < -0.39 is 0 Å². The molecule has 0 fully saturated rings. The number of nitrogens with one attached hydrogen (secondary N) is 1. The first-order chi connectivity index (χ1) is 9.36. The fourth-order valence-corrected chi connectivity index (χ4v) is 3.58. The Labute approximate surface area is 118 Å². The lowest BCUT2D eigenvalue weighted by Crippen LogP contribution is -2.25. The third kappa shape index (κ3) is 3.82. The molecule has 0 saturated carbocycles. The van der Waals surface area contributed by atoms with Crippen LogP contribution in [0.5, 0.6) is 0 Å². The standard InChI is InChI=1S/C18H29N/c1-3-4-5-6-11-16-13-9-12-15-10-7-8-14-17(15)18(16)19-2/h7-8,10,14,16,18-19H,3-6,9,11-13H2,1-2H3. The molecule has 0 spiro atoms. The van der Waals surface area contributed by atoms with Gasteiger partial charge >= 0.3 is 0 Å². The summed E-state index contributed by atoms with van der Waals surface area (Å²) in [6.45, 7) is 2.29. The fraction of sp³-hybridized carbons (Fsp3) is 0.667. The summed E-state index contributed by atoms with van der Waals surface area (Å²) < 4.78 is 0. The van der Waals surface area contributed by atoms with Gasteiger partial charge in [0.1, 0.15) is 0 Å². The average Bonchev–Trinajstić information content (AvgIpc) is 2.62. The minimum absolute atomic E-state index is 0.570. The van der Waals surface area contributed by atoms with Crippen molar-refractivity contribution in [1.82, 2.24) is 5.32 Å². The van der Waals surface area contributed by atoms with E-state index in [1.54, 1.807) is 11.1 Å². The van der Waals surface area contributed by atoms with E-state index in [4.69, 9.17) is 0 Å². The molecule has 19 heavy (non-hydrogen) atoms. The minimum atomic E-state index is 0.570. The summed E-state index contributed by atoms with van der Waals surface area (Å²) in [7, 11) is 2.13. The number of unbranched alkanes of at least 4 members (excludes halogenated alkanes) is 3. The van der Waals surface area contributed by atoms with Crippen molar-refractivity contribution in [3.05, 3.63) is 35.4 Å². The van der Waals surface area contributed by atoms with Gasteiger partial charge in [0.15, 0.2) is 0 Å². The molecule has 1 aromatic carbocycles. The van der Waals surface area contributed by atoms with Crippen molar-refractivity contribution in [3.8, 4) is 0 Å². The van der Waals surface area contributed by atoms with E-state index in [2.05, 4.69) is 43.6 Å². The lowest BCUT2D eigenvalue weighted by Gasteiger charge is -2.26. The smallest absolute Gasteiger partial charge is 0.0348 e. The van der Waals surface area contributed by atoms with Crippen molar-refractivity contribution >= 4 is 0 Å². The third-order valence-electron chi connectivity index (χ3n) is 4.62. The van der Waals surface area contributed by atoms with Crippen LogP contribution >= 0.6 is 0 Å². The molecule has 1 aliphatic carbocycles. The van der Waals surface area contributed by atoms with Crippen molar-refractivity contribution in [2.24, 2.45) is 5.92 Å². The van der Waals surface area contributed by atoms with Crippen LogP contribution in [0.25, 0.3) is 0 Å². The van der Waals surface area contributed by atoms with Crippen LogP contribution in [0.2, 0.25) is 0 Å². The number of hydrogen-bond acceptors (Lipinski definition) is 1. The molecular formula is C18H29N. The van der Waals surface area contributed by atoms with Crippen LogP contribution in [0.3, 0.4) is 0 Å². The van der Waals surface area contributed by atoms with Crippen LogP contribution in [-0.4, -0.2) is 7.05 Å². The van der Waals surface area contributed by atoms with E-state index in [0.29, 0.717) is 6.04 Å². The maximum absolute atomic E-state index is 3.59. The maximum Gasteiger partial charge on any atom is 0.0348 e. The highest BCUT2D eigenvalue weighted by Gasteiger charge is 2.25. The van der Waals surface area contributed by atoms with Gasteiger partial charge in [-0.05, 0) is 49.8 Å². The van der Waals surface area contributed by atoms with Crippen molar-refractivity contribution < 1.29 is 0 Å². The first-order valence-corrected chi connectivity index (χ1v) is 8.12. The van der Waals surface area contributed by atoms with E-state index in [1.807, 2.05) is 0 Å². The molecule has 1 aliphatic rings. The van der Waals surface area contributed by atoms with Crippen LogP contribution in [0, 0.1) is 5.92 Å². The molecule has 0 saturated heterocycles. The largest absolute Gasteiger partial charge is 0.313 e. The molecular weight excluding hydrogens is 230 g/mol. The molecule has 0 amide bonds. The Morgan fingerprint density at radius 3 is 2.79 bits per heavy atom. The van der Waals surface area contributed by atoms with Gasteiger partial charge in [0.2, 0.25) is 0 Å². The van der Waals surface area contributed by atoms with Crippen LogP contribution < -0.4 is 5.32 Å². The van der Waals surface area contributed by atoms with Gasteiger partial charge < -0.3 is 5.32 Å². The summed E-state index contributed by atoms with van der Waals surface area (Å²) in [5.41, 5.74) is 3.13. The predicted molar refractivity (Wildman–Crippen MR) is 83.4 cm³/mol. The van der Waals surface area contributed by atoms with Gasteiger partial charge in [0.25, 0.3) is 0 Å². The SMILES string of the molecule is CCCCCCC1CCCc2ccccc2C1NC. The number of benzene rings is 1. The van der Waals surface area contributed by atoms with Crippen LogP contribution in [0.15, 0.2) is 24.3 Å². The van der Waals surface area contributed by atoms with Gasteiger partial charge in [0.05, 0.1) is 0 Å². The molecule has 0 bridgehead atoms. The highest BCUT2D eigenvalue weighted by Crippen LogP contribution is 2.35. The lowest BCUT2D eigenvalue weighted by atomic mass is 9.86. The first-order valence-electron chi connectivity index (χ1n) is 8.12. The van der Waals surface area contributed by atoms with Crippen molar-refractivity contribution in [2.75, 3.05) is 7.05 Å². The molecule has 0 heterocycles. The zero-order chi connectivity index (χ0) is 13.5. The first kappa shape index (κ1) is 14.6. The van der Waals surface area contributed by atoms with E-state index in [-0.39, 0.29) is 0 Å².